The van der Waals surface area contributed by atoms with Crippen LogP contribution in [0, 0.1) is 5.82 Å². The predicted octanol–water partition coefficient (Wildman–Crippen LogP) is 3.86. The van der Waals surface area contributed by atoms with E-state index >= 15 is 0 Å². The summed E-state index contributed by atoms with van der Waals surface area (Å²) >= 11 is 0. The molecule has 232 valence electrons. The molecule has 0 aromatic heterocycles. The second-order valence-corrected chi connectivity index (χ2v) is 10.8. The highest BCUT2D eigenvalue weighted by atomic mass is 19.1. The standard InChI is InChI=1S/C34H39FN4O5/c1-3-23-13-16-31(40)37-30(21-32(41)39-17-7-8-18-39)34(43)38-29(33(42)36-22-25-9-5-6-10-28(25)35)20-24-11-14-27(15-12-24)44-26(4-2)19-23/h3-6,9-12,14-15,19,29-30H,1,7-8,13,16-18,20-22H2,2H3,(H,36,42)(H,37,40)(H,38,43)/b23-19+,26-4+/t29-,30-/m0/s1. The van der Waals surface area contributed by atoms with Gasteiger partial charge >= 0.3 is 0 Å². The normalized spacial score (nSPS) is 21.8. The Kier molecular flexibility index (Phi) is 11.5. The molecule has 0 spiro atoms. The Morgan fingerprint density at radius 2 is 1.80 bits per heavy atom. The van der Waals surface area contributed by atoms with Gasteiger partial charge in [-0.3, -0.25) is 19.2 Å². The summed E-state index contributed by atoms with van der Waals surface area (Å²) in [5, 5.41) is 8.18. The van der Waals surface area contributed by atoms with Gasteiger partial charge in [-0.05, 0) is 67.7 Å². The van der Waals surface area contributed by atoms with E-state index in [4.69, 9.17) is 4.74 Å². The Hall–Kier alpha value is -4.73. The van der Waals surface area contributed by atoms with Crippen molar-refractivity contribution in [2.75, 3.05) is 13.1 Å². The lowest BCUT2D eigenvalue weighted by Crippen LogP contribution is -2.55. The quantitative estimate of drug-likeness (QED) is 0.465. The number of rotatable bonds is 6. The molecule has 2 bridgehead atoms. The van der Waals surface area contributed by atoms with E-state index in [0.29, 0.717) is 36.6 Å². The third-order valence-corrected chi connectivity index (χ3v) is 7.65. The number of nitrogens with zero attached hydrogens (tertiary/aromatic N) is 1. The zero-order chi connectivity index (χ0) is 31.5. The largest absolute Gasteiger partial charge is 0.458 e. The smallest absolute Gasteiger partial charge is 0.243 e. The summed E-state index contributed by atoms with van der Waals surface area (Å²) < 4.78 is 20.2. The van der Waals surface area contributed by atoms with Gasteiger partial charge in [-0.15, -0.1) is 0 Å². The van der Waals surface area contributed by atoms with Gasteiger partial charge < -0.3 is 25.6 Å². The van der Waals surface area contributed by atoms with Crippen molar-refractivity contribution in [2.24, 2.45) is 0 Å². The van der Waals surface area contributed by atoms with Gasteiger partial charge in [0.25, 0.3) is 0 Å². The molecule has 2 aromatic rings. The molecule has 4 amide bonds. The maximum absolute atomic E-state index is 14.2. The number of carbonyl (C=O) groups is 4. The van der Waals surface area contributed by atoms with Crippen LogP contribution in [-0.4, -0.2) is 53.7 Å². The van der Waals surface area contributed by atoms with Crippen molar-refractivity contribution < 1.29 is 28.3 Å². The molecule has 1 saturated heterocycles. The van der Waals surface area contributed by atoms with Crippen molar-refractivity contribution in [2.45, 2.75) is 64.1 Å². The number of likely N-dealkylation sites (tertiary alicyclic amines) is 1. The topological polar surface area (TPSA) is 117 Å². The number of carbonyl (C=O) groups excluding carboxylic acids is 4. The van der Waals surface area contributed by atoms with Crippen LogP contribution >= 0.6 is 0 Å². The molecule has 0 unspecified atom stereocenters. The molecule has 3 aliphatic heterocycles. The average molecular weight is 603 g/mol. The van der Waals surface area contributed by atoms with E-state index in [0.717, 1.165) is 24.0 Å². The molecule has 10 heteroatoms. The van der Waals surface area contributed by atoms with Crippen molar-refractivity contribution >= 4 is 23.6 Å². The zero-order valence-corrected chi connectivity index (χ0v) is 24.9. The average Bonchev–Trinajstić information content (AvgIpc) is 3.57. The summed E-state index contributed by atoms with van der Waals surface area (Å²) in [6, 6.07) is 10.9. The number of hydrogen-bond donors (Lipinski definition) is 3. The van der Waals surface area contributed by atoms with Gasteiger partial charge in [0.1, 0.15) is 29.4 Å². The third-order valence-electron chi connectivity index (χ3n) is 7.65. The first kappa shape index (κ1) is 32.2. The van der Waals surface area contributed by atoms with Crippen LogP contribution in [0.3, 0.4) is 0 Å². The summed E-state index contributed by atoms with van der Waals surface area (Å²) in [4.78, 5) is 54.9. The molecule has 0 aliphatic carbocycles. The van der Waals surface area contributed by atoms with Crippen molar-refractivity contribution in [1.82, 2.24) is 20.9 Å². The van der Waals surface area contributed by atoms with Gasteiger partial charge in [0.05, 0.1) is 6.42 Å². The van der Waals surface area contributed by atoms with Gasteiger partial charge in [-0.25, -0.2) is 4.39 Å². The van der Waals surface area contributed by atoms with Crippen LogP contribution in [-0.2, 0) is 32.1 Å². The summed E-state index contributed by atoms with van der Waals surface area (Å²) in [6.45, 7) is 6.80. The summed E-state index contributed by atoms with van der Waals surface area (Å²) in [5.74, 6) is -1.19. The molecular formula is C34H39FN4O5. The molecule has 44 heavy (non-hydrogen) atoms. The van der Waals surface area contributed by atoms with E-state index in [2.05, 4.69) is 22.5 Å². The molecule has 1 fully saturated rings. The maximum atomic E-state index is 14.2. The number of benzene rings is 2. The number of fused-ring (bicyclic) bond motifs is 13. The molecule has 2 aromatic carbocycles. The number of nitrogens with one attached hydrogen (secondary N) is 3. The highest BCUT2D eigenvalue weighted by molar-refractivity contribution is 5.95. The minimum atomic E-state index is -1.19. The van der Waals surface area contributed by atoms with Crippen LogP contribution in [0.1, 0.15) is 50.2 Å². The first-order valence-corrected chi connectivity index (χ1v) is 14.9. The summed E-state index contributed by atoms with van der Waals surface area (Å²) in [5.41, 5.74) is 1.78. The van der Waals surface area contributed by atoms with Crippen molar-refractivity contribution in [3.05, 3.63) is 102 Å². The van der Waals surface area contributed by atoms with Crippen LogP contribution in [0.4, 0.5) is 4.39 Å². The van der Waals surface area contributed by atoms with Crippen molar-refractivity contribution in [3.63, 3.8) is 0 Å². The molecule has 3 N–H and O–H groups in total. The summed E-state index contributed by atoms with van der Waals surface area (Å²) in [6.07, 6.45) is 7.22. The lowest BCUT2D eigenvalue weighted by atomic mass is 10.0. The molecular weight excluding hydrogens is 563 g/mol. The fourth-order valence-corrected chi connectivity index (χ4v) is 5.09. The van der Waals surface area contributed by atoms with Crippen LogP contribution in [0.5, 0.6) is 5.75 Å². The van der Waals surface area contributed by atoms with Crippen molar-refractivity contribution in [3.8, 4) is 5.75 Å². The zero-order valence-electron chi connectivity index (χ0n) is 24.9. The maximum Gasteiger partial charge on any atom is 0.243 e. The van der Waals surface area contributed by atoms with Crippen LogP contribution in [0.25, 0.3) is 0 Å². The second-order valence-electron chi connectivity index (χ2n) is 10.8. The monoisotopic (exact) mass is 602 g/mol. The Morgan fingerprint density at radius 1 is 1.07 bits per heavy atom. The minimum absolute atomic E-state index is 0.0391. The van der Waals surface area contributed by atoms with E-state index in [1.807, 2.05) is 6.92 Å². The van der Waals surface area contributed by atoms with Gasteiger partial charge in [0, 0.05) is 38.0 Å². The SMILES string of the molecule is C=C/C1=C\C(=C/C)Oc2ccc(cc2)C[C@@H](C(=O)NCc2ccccc2F)NC(=O)[C@H](CC(=O)N2CCCC2)NC(=O)CC1. The van der Waals surface area contributed by atoms with Gasteiger partial charge in [-0.2, -0.15) is 0 Å². The Balaban J connectivity index is 1.62. The molecule has 3 aliphatic rings. The molecule has 0 saturated carbocycles. The molecule has 5 rings (SSSR count). The summed E-state index contributed by atoms with van der Waals surface area (Å²) in [7, 11) is 0. The van der Waals surface area contributed by atoms with E-state index in [1.165, 1.54) is 6.07 Å². The Labute approximate surface area is 257 Å². The highest BCUT2D eigenvalue weighted by Crippen LogP contribution is 2.20. The number of hydrogen-bond acceptors (Lipinski definition) is 5. The fourth-order valence-electron chi connectivity index (χ4n) is 5.09. The molecule has 0 radical (unpaired) electrons. The first-order chi connectivity index (χ1) is 21.2. The van der Waals surface area contributed by atoms with Gasteiger partial charge in [-0.1, -0.05) is 43.0 Å². The van der Waals surface area contributed by atoms with Crippen LogP contribution in [0.2, 0.25) is 0 Å². The predicted molar refractivity (Wildman–Crippen MR) is 165 cm³/mol. The lowest BCUT2D eigenvalue weighted by molar-refractivity contribution is -0.136. The minimum Gasteiger partial charge on any atom is -0.458 e. The van der Waals surface area contributed by atoms with Crippen LogP contribution in [0.15, 0.2) is 84.7 Å². The fraction of sp³-hybridized carbons (Fsp3) is 0.353. The third kappa shape index (κ3) is 9.13. The highest BCUT2D eigenvalue weighted by Gasteiger charge is 2.31. The lowest BCUT2D eigenvalue weighted by Gasteiger charge is -2.25. The number of halogens is 1. The number of amides is 4. The number of allylic oxidation sites excluding steroid dienone is 4. The van der Waals surface area contributed by atoms with E-state index < -0.39 is 35.6 Å². The van der Waals surface area contributed by atoms with E-state index in [9.17, 15) is 23.6 Å². The van der Waals surface area contributed by atoms with Crippen molar-refractivity contribution in [1.29, 1.82) is 0 Å². The van der Waals surface area contributed by atoms with E-state index in [-0.39, 0.29) is 31.7 Å². The molecule has 2 atom stereocenters. The Morgan fingerprint density at radius 3 is 2.48 bits per heavy atom. The number of ether oxygens (including phenoxy) is 1. The second kappa shape index (κ2) is 15.7. The first-order valence-electron chi connectivity index (χ1n) is 14.9. The van der Waals surface area contributed by atoms with Gasteiger partial charge in [0.15, 0.2) is 0 Å². The van der Waals surface area contributed by atoms with Crippen LogP contribution < -0.4 is 20.7 Å². The Bertz CT molecular complexity index is 1430. The van der Waals surface area contributed by atoms with E-state index in [1.54, 1.807) is 65.6 Å². The molecule has 3 heterocycles. The van der Waals surface area contributed by atoms with Gasteiger partial charge in [0.2, 0.25) is 23.6 Å². The molecule has 9 nitrogen and oxygen atoms in total.